The zero-order valence-corrected chi connectivity index (χ0v) is 14.3. The fourth-order valence-electron chi connectivity index (χ4n) is 2.40. The van der Waals surface area contributed by atoms with Gasteiger partial charge in [-0.2, -0.15) is 0 Å². The third-order valence-corrected chi connectivity index (χ3v) is 5.90. The maximum Gasteiger partial charge on any atom is 0.238 e. The van der Waals surface area contributed by atoms with E-state index in [1.165, 1.54) is 19.1 Å². The molecule has 0 unspecified atom stereocenters. The quantitative estimate of drug-likeness (QED) is 0.813. The molecule has 0 saturated carbocycles. The number of hydrogen-bond donors (Lipinski definition) is 1. The average Bonchev–Trinajstić information content (AvgIpc) is 3.06. The van der Waals surface area contributed by atoms with Crippen LogP contribution in [-0.2, 0) is 19.4 Å². The summed E-state index contributed by atoms with van der Waals surface area (Å²) in [6.45, 7) is 4.80. The molecule has 1 saturated heterocycles. The van der Waals surface area contributed by atoms with Crippen LogP contribution in [-0.4, -0.2) is 45.4 Å². The molecule has 0 radical (unpaired) electrons. The van der Waals surface area contributed by atoms with Crippen molar-refractivity contribution in [3.63, 3.8) is 0 Å². The molecule has 23 heavy (non-hydrogen) atoms. The molecular formula is C16H23NO5S. The van der Waals surface area contributed by atoms with E-state index in [0.29, 0.717) is 25.5 Å². The third kappa shape index (κ3) is 4.45. The SMILES string of the molecule is CCOc1ccc(S(=O)(=O)[C@@H](C)C(=O)NC[C@@H]2CCCO2)cc1. The Labute approximate surface area is 137 Å². The van der Waals surface area contributed by atoms with Gasteiger partial charge in [-0.25, -0.2) is 8.42 Å². The molecule has 1 amide bonds. The smallest absolute Gasteiger partial charge is 0.238 e. The summed E-state index contributed by atoms with van der Waals surface area (Å²) >= 11 is 0. The normalized spacial score (nSPS) is 19.3. The first-order valence-corrected chi connectivity index (χ1v) is 9.36. The Balaban J connectivity index is 2.00. The van der Waals surface area contributed by atoms with Crippen LogP contribution in [0.25, 0.3) is 0 Å². The zero-order valence-electron chi connectivity index (χ0n) is 13.4. The lowest BCUT2D eigenvalue weighted by Gasteiger charge is -2.16. The van der Waals surface area contributed by atoms with Gasteiger partial charge in [-0.3, -0.25) is 4.79 Å². The Hall–Kier alpha value is -1.60. The van der Waals surface area contributed by atoms with Crippen molar-refractivity contribution in [2.45, 2.75) is 42.9 Å². The number of hydrogen-bond acceptors (Lipinski definition) is 5. The van der Waals surface area contributed by atoms with E-state index >= 15 is 0 Å². The number of carbonyl (C=O) groups excluding carboxylic acids is 1. The highest BCUT2D eigenvalue weighted by Crippen LogP contribution is 2.20. The van der Waals surface area contributed by atoms with Crippen molar-refractivity contribution in [1.82, 2.24) is 5.32 Å². The Bertz CT molecular complexity index is 620. The molecule has 1 N–H and O–H groups in total. The van der Waals surface area contributed by atoms with Crippen LogP contribution in [0.15, 0.2) is 29.2 Å². The molecule has 1 aliphatic rings. The van der Waals surface area contributed by atoms with Crippen LogP contribution >= 0.6 is 0 Å². The number of carbonyl (C=O) groups is 1. The van der Waals surface area contributed by atoms with Crippen LogP contribution in [0, 0.1) is 0 Å². The van der Waals surface area contributed by atoms with E-state index in [9.17, 15) is 13.2 Å². The Morgan fingerprint density at radius 1 is 1.39 bits per heavy atom. The third-order valence-electron chi connectivity index (χ3n) is 3.83. The summed E-state index contributed by atoms with van der Waals surface area (Å²) in [5, 5.41) is 1.51. The minimum Gasteiger partial charge on any atom is -0.494 e. The number of nitrogens with one attached hydrogen (secondary N) is 1. The van der Waals surface area contributed by atoms with E-state index in [0.717, 1.165) is 12.8 Å². The summed E-state index contributed by atoms with van der Waals surface area (Å²) in [5.74, 6) is 0.0938. The van der Waals surface area contributed by atoms with E-state index in [-0.39, 0.29) is 11.0 Å². The molecule has 0 aliphatic carbocycles. The molecule has 128 valence electrons. The van der Waals surface area contributed by atoms with Gasteiger partial charge >= 0.3 is 0 Å². The van der Waals surface area contributed by atoms with Crippen molar-refractivity contribution in [2.24, 2.45) is 0 Å². The van der Waals surface area contributed by atoms with E-state index in [2.05, 4.69) is 5.32 Å². The maximum absolute atomic E-state index is 12.5. The summed E-state index contributed by atoms with van der Waals surface area (Å²) in [6.07, 6.45) is 1.85. The lowest BCUT2D eigenvalue weighted by Crippen LogP contribution is -2.41. The van der Waals surface area contributed by atoms with E-state index in [1.807, 2.05) is 6.92 Å². The molecule has 1 aliphatic heterocycles. The van der Waals surface area contributed by atoms with Crippen molar-refractivity contribution in [3.05, 3.63) is 24.3 Å². The van der Waals surface area contributed by atoms with Gasteiger partial charge in [0.1, 0.15) is 11.0 Å². The maximum atomic E-state index is 12.5. The fourth-order valence-corrected chi connectivity index (χ4v) is 3.69. The summed E-state index contributed by atoms with van der Waals surface area (Å²) in [6, 6.07) is 6.11. The van der Waals surface area contributed by atoms with Gasteiger partial charge in [0.15, 0.2) is 9.84 Å². The molecule has 1 heterocycles. The molecule has 2 rings (SSSR count). The van der Waals surface area contributed by atoms with Gasteiger partial charge in [-0.05, 0) is 51.0 Å². The zero-order chi connectivity index (χ0) is 16.9. The number of amides is 1. The molecule has 0 spiro atoms. The predicted octanol–water partition coefficient (Wildman–Crippen LogP) is 1.54. The second kappa shape index (κ2) is 7.79. The highest BCUT2D eigenvalue weighted by Gasteiger charge is 2.30. The second-order valence-corrected chi connectivity index (χ2v) is 7.74. The second-order valence-electron chi connectivity index (χ2n) is 5.47. The minimum atomic E-state index is -3.72. The van der Waals surface area contributed by atoms with Crippen molar-refractivity contribution in [1.29, 1.82) is 0 Å². The molecule has 7 heteroatoms. The van der Waals surface area contributed by atoms with Crippen molar-refractivity contribution < 1.29 is 22.7 Å². The van der Waals surface area contributed by atoms with E-state index in [1.54, 1.807) is 12.1 Å². The van der Waals surface area contributed by atoms with E-state index < -0.39 is 21.0 Å². The van der Waals surface area contributed by atoms with Crippen LogP contribution in [0.4, 0.5) is 0 Å². The van der Waals surface area contributed by atoms with Crippen LogP contribution in [0.5, 0.6) is 5.75 Å². The Kier molecular flexibility index (Phi) is 6.01. The van der Waals surface area contributed by atoms with Gasteiger partial charge < -0.3 is 14.8 Å². The Morgan fingerprint density at radius 2 is 2.09 bits per heavy atom. The van der Waals surface area contributed by atoms with Gasteiger partial charge in [0, 0.05) is 13.2 Å². The molecule has 1 aromatic rings. The molecule has 6 nitrogen and oxygen atoms in total. The topological polar surface area (TPSA) is 81.7 Å². The van der Waals surface area contributed by atoms with Crippen LogP contribution in [0.2, 0.25) is 0 Å². The Morgan fingerprint density at radius 3 is 2.65 bits per heavy atom. The summed E-state index contributed by atoms with van der Waals surface area (Å²) in [7, 11) is -3.72. The summed E-state index contributed by atoms with van der Waals surface area (Å²) < 4.78 is 35.7. The number of rotatable bonds is 7. The summed E-state index contributed by atoms with van der Waals surface area (Å²) in [5.41, 5.74) is 0. The minimum absolute atomic E-state index is 0.0145. The van der Waals surface area contributed by atoms with Crippen LogP contribution in [0.3, 0.4) is 0 Å². The molecule has 1 aromatic carbocycles. The van der Waals surface area contributed by atoms with Gasteiger partial charge in [0.05, 0.1) is 17.6 Å². The lowest BCUT2D eigenvalue weighted by molar-refractivity contribution is -0.120. The van der Waals surface area contributed by atoms with Gasteiger partial charge in [0.2, 0.25) is 5.91 Å². The molecule has 2 atom stereocenters. The average molecular weight is 341 g/mol. The molecular weight excluding hydrogens is 318 g/mol. The predicted molar refractivity (Wildman–Crippen MR) is 86.2 cm³/mol. The van der Waals surface area contributed by atoms with Crippen LogP contribution < -0.4 is 10.1 Å². The monoisotopic (exact) mass is 341 g/mol. The highest BCUT2D eigenvalue weighted by atomic mass is 32.2. The standard InChI is InChI=1S/C16H23NO5S/c1-3-21-13-6-8-15(9-7-13)23(19,20)12(2)16(18)17-11-14-5-4-10-22-14/h6-9,12,14H,3-5,10-11H2,1-2H3,(H,17,18)/t12-,14-/m0/s1. The lowest BCUT2D eigenvalue weighted by atomic mass is 10.2. The number of benzene rings is 1. The van der Waals surface area contributed by atoms with Crippen LogP contribution in [0.1, 0.15) is 26.7 Å². The molecule has 0 aromatic heterocycles. The van der Waals surface area contributed by atoms with Crippen molar-refractivity contribution >= 4 is 15.7 Å². The summed E-state index contributed by atoms with van der Waals surface area (Å²) in [4.78, 5) is 12.2. The number of sulfone groups is 1. The van der Waals surface area contributed by atoms with Crippen molar-refractivity contribution in [3.8, 4) is 5.75 Å². The fraction of sp³-hybridized carbons (Fsp3) is 0.562. The first-order chi connectivity index (χ1) is 10.9. The van der Waals surface area contributed by atoms with Gasteiger partial charge in [-0.15, -0.1) is 0 Å². The number of ether oxygens (including phenoxy) is 2. The molecule has 0 bridgehead atoms. The first-order valence-electron chi connectivity index (χ1n) is 7.81. The largest absolute Gasteiger partial charge is 0.494 e. The highest BCUT2D eigenvalue weighted by molar-refractivity contribution is 7.92. The van der Waals surface area contributed by atoms with Gasteiger partial charge in [-0.1, -0.05) is 0 Å². The van der Waals surface area contributed by atoms with Gasteiger partial charge in [0.25, 0.3) is 0 Å². The van der Waals surface area contributed by atoms with E-state index in [4.69, 9.17) is 9.47 Å². The molecule has 1 fully saturated rings. The first kappa shape index (κ1) is 17.7. The van der Waals surface area contributed by atoms with Crippen molar-refractivity contribution in [2.75, 3.05) is 19.8 Å².